The molecule has 1 heterocycles. The van der Waals surface area contributed by atoms with Crippen LogP contribution in [0.5, 0.6) is 0 Å². The van der Waals surface area contributed by atoms with Crippen molar-refractivity contribution in [3.05, 3.63) is 30.1 Å². The van der Waals surface area contributed by atoms with Gasteiger partial charge in [-0.25, -0.2) is 4.39 Å². The lowest BCUT2D eigenvalue weighted by Gasteiger charge is -2.21. The minimum atomic E-state index is -0.130. The first kappa shape index (κ1) is 12.9. The molecule has 17 heavy (non-hydrogen) atoms. The number of thioether (sulfide) groups is 1. The van der Waals surface area contributed by atoms with Gasteiger partial charge < -0.3 is 10.1 Å². The Hall–Kier alpha value is -0.580. The van der Waals surface area contributed by atoms with Gasteiger partial charge in [-0.2, -0.15) is 0 Å². The zero-order valence-corrected chi connectivity index (χ0v) is 10.8. The van der Waals surface area contributed by atoms with Crippen LogP contribution in [0.3, 0.4) is 0 Å². The molecule has 0 radical (unpaired) electrons. The second kappa shape index (κ2) is 6.38. The number of hydrogen-bond donors (Lipinski definition) is 1. The first-order chi connectivity index (χ1) is 8.31. The Morgan fingerprint density at radius 2 is 2.35 bits per heavy atom. The molecule has 1 aliphatic rings. The summed E-state index contributed by atoms with van der Waals surface area (Å²) in [7, 11) is 1.96. The van der Waals surface area contributed by atoms with Crippen LogP contribution in [-0.2, 0) is 4.74 Å². The number of halogens is 1. The third-order valence-corrected chi connectivity index (χ3v) is 4.33. The molecule has 0 bridgehead atoms. The monoisotopic (exact) mass is 255 g/mol. The Bertz CT molecular complexity index is 355. The molecule has 0 spiro atoms. The second-order valence-electron chi connectivity index (χ2n) is 4.26. The first-order valence-electron chi connectivity index (χ1n) is 5.93. The maximum absolute atomic E-state index is 13.5. The summed E-state index contributed by atoms with van der Waals surface area (Å²) < 4.78 is 18.8. The highest BCUT2D eigenvalue weighted by atomic mass is 32.2. The molecular weight excluding hydrogens is 237 g/mol. The largest absolute Gasteiger partial charge is 0.381 e. The van der Waals surface area contributed by atoms with Crippen molar-refractivity contribution >= 4 is 11.8 Å². The Morgan fingerprint density at radius 1 is 1.53 bits per heavy atom. The maximum Gasteiger partial charge on any atom is 0.136 e. The fraction of sp³-hybridized carbons (Fsp3) is 0.538. The van der Waals surface area contributed by atoms with Crippen molar-refractivity contribution in [1.29, 1.82) is 0 Å². The van der Waals surface area contributed by atoms with E-state index in [1.54, 1.807) is 17.8 Å². The van der Waals surface area contributed by atoms with Crippen LogP contribution in [0.25, 0.3) is 0 Å². The minimum absolute atomic E-state index is 0.130. The van der Waals surface area contributed by atoms with E-state index in [4.69, 9.17) is 4.74 Å². The van der Waals surface area contributed by atoms with Crippen LogP contribution < -0.4 is 5.32 Å². The molecule has 0 aliphatic carbocycles. The third-order valence-electron chi connectivity index (χ3n) is 3.16. The van der Waals surface area contributed by atoms with E-state index in [-0.39, 0.29) is 5.82 Å². The van der Waals surface area contributed by atoms with Crippen molar-refractivity contribution in [3.8, 4) is 0 Å². The molecule has 2 nitrogen and oxygen atoms in total. The highest BCUT2D eigenvalue weighted by Crippen LogP contribution is 2.25. The van der Waals surface area contributed by atoms with Crippen LogP contribution in [0.2, 0.25) is 0 Å². The Kier molecular flexibility index (Phi) is 4.83. The summed E-state index contributed by atoms with van der Waals surface area (Å²) in [5.74, 6) is 1.31. The lowest BCUT2D eigenvalue weighted by molar-refractivity contribution is 0.180. The summed E-state index contributed by atoms with van der Waals surface area (Å²) in [6, 6.07) is 7.33. The standard InChI is InChI=1S/C13H18FNOS/c1-15-12(10-6-7-16-8-10)9-17-13-5-3-2-4-11(13)14/h2-5,10,12,15H,6-9H2,1H3. The number of nitrogens with one attached hydrogen (secondary N) is 1. The number of hydrogen-bond acceptors (Lipinski definition) is 3. The van der Waals surface area contributed by atoms with E-state index >= 15 is 0 Å². The van der Waals surface area contributed by atoms with Gasteiger partial charge in [-0.05, 0) is 25.6 Å². The molecule has 1 fully saturated rings. The minimum Gasteiger partial charge on any atom is -0.381 e. The molecule has 0 aromatic heterocycles. The van der Waals surface area contributed by atoms with E-state index in [9.17, 15) is 4.39 Å². The van der Waals surface area contributed by atoms with Crippen LogP contribution in [-0.4, -0.2) is 32.1 Å². The van der Waals surface area contributed by atoms with Crippen molar-refractivity contribution in [2.24, 2.45) is 5.92 Å². The average Bonchev–Trinajstić information content (AvgIpc) is 2.86. The van der Waals surface area contributed by atoms with Gasteiger partial charge in [-0.3, -0.25) is 0 Å². The van der Waals surface area contributed by atoms with Crippen LogP contribution in [0.1, 0.15) is 6.42 Å². The SMILES string of the molecule is CNC(CSc1ccccc1F)C1CCOC1. The summed E-state index contributed by atoms with van der Waals surface area (Å²) >= 11 is 1.57. The smallest absolute Gasteiger partial charge is 0.136 e. The molecule has 0 saturated carbocycles. The zero-order valence-electron chi connectivity index (χ0n) is 9.99. The van der Waals surface area contributed by atoms with Gasteiger partial charge in [-0.1, -0.05) is 12.1 Å². The van der Waals surface area contributed by atoms with Crippen LogP contribution in [0, 0.1) is 11.7 Å². The Labute approximate surface area is 106 Å². The summed E-state index contributed by atoms with van der Waals surface area (Å²) in [6.45, 7) is 1.68. The van der Waals surface area contributed by atoms with Crippen molar-refractivity contribution < 1.29 is 9.13 Å². The zero-order chi connectivity index (χ0) is 12.1. The van der Waals surface area contributed by atoms with Crippen LogP contribution >= 0.6 is 11.8 Å². The predicted molar refractivity (Wildman–Crippen MR) is 68.9 cm³/mol. The highest BCUT2D eigenvalue weighted by Gasteiger charge is 2.24. The van der Waals surface area contributed by atoms with Gasteiger partial charge in [0, 0.05) is 29.2 Å². The summed E-state index contributed by atoms with van der Waals surface area (Å²) in [5, 5.41) is 3.31. The van der Waals surface area contributed by atoms with Crippen molar-refractivity contribution in [1.82, 2.24) is 5.32 Å². The molecule has 2 unspecified atom stereocenters. The van der Waals surface area contributed by atoms with E-state index in [1.807, 2.05) is 19.2 Å². The molecular formula is C13H18FNOS. The van der Waals surface area contributed by atoms with Gasteiger partial charge in [0.25, 0.3) is 0 Å². The van der Waals surface area contributed by atoms with Crippen LogP contribution in [0.4, 0.5) is 4.39 Å². The Morgan fingerprint density at radius 3 is 3.00 bits per heavy atom. The van der Waals surface area contributed by atoms with Gasteiger partial charge in [0.1, 0.15) is 5.82 Å². The number of rotatable bonds is 5. The van der Waals surface area contributed by atoms with Crippen LogP contribution in [0.15, 0.2) is 29.2 Å². The van der Waals surface area contributed by atoms with E-state index in [0.717, 1.165) is 30.3 Å². The summed E-state index contributed by atoms with van der Waals surface area (Å²) in [6.07, 6.45) is 1.10. The fourth-order valence-electron chi connectivity index (χ4n) is 2.07. The van der Waals surface area contributed by atoms with Crippen molar-refractivity contribution in [2.45, 2.75) is 17.4 Å². The average molecular weight is 255 g/mol. The van der Waals surface area contributed by atoms with E-state index in [1.165, 1.54) is 6.07 Å². The molecule has 2 rings (SSSR count). The van der Waals surface area contributed by atoms with Gasteiger partial charge >= 0.3 is 0 Å². The number of ether oxygens (including phenoxy) is 1. The lowest BCUT2D eigenvalue weighted by atomic mass is 10.0. The number of benzene rings is 1. The predicted octanol–water partition coefficient (Wildman–Crippen LogP) is 2.54. The summed E-state index contributed by atoms with van der Waals surface area (Å²) in [4.78, 5) is 0.728. The van der Waals surface area contributed by atoms with Gasteiger partial charge in [-0.15, -0.1) is 11.8 Å². The first-order valence-corrected chi connectivity index (χ1v) is 6.92. The molecule has 1 aromatic carbocycles. The van der Waals surface area contributed by atoms with Crippen molar-refractivity contribution in [3.63, 3.8) is 0 Å². The molecule has 2 atom stereocenters. The van der Waals surface area contributed by atoms with Gasteiger partial charge in [0.15, 0.2) is 0 Å². The van der Waals surface area contributed by atoms with E-state index in [0.29, 0.717) is 12.0 Å². The second-order valence-corrected chi connectivity index (χ2v) is 5.32. The molecule has 1 aliphatic heterocycles. The molecule has 1 N–H and O–H groups in total. The molecule has 1 aromatic rings. The highest BCUT2D eigenvalue weighted by molar-refractivity contribution is 7.99. The molecule has 94 valence electrons. The maximum atomic E-state index is 13.5. The summed E-state index contributed by atoms with van der Waals surface area (Å²) in [5.41, 5.74) is 0. The van der Waals surface area contributed by atoms with Gasteiger partial charge in [0.2, 0.25) is 0 Å². The molecule has 4 heteroatoms. The Balaban J connectivity index is 1.89. The van der Waals surface area contributed by atoms with Gasteiger partial charge in [0.05, 0.1) is 6.61 Å². The molecule has 0 amide bonds. The van der Waals surface area contributed by atoms with E-state index < -0.39 is 0 Å². The fourth-order valence-corrected chi connectivity index (χ4v) is 3.25. The topological polar surface area (TPSA) is 21.3 Å². The van der Waals surface area contributed by atoms with Crippen molar-refractivity contribution in [2.75, 3.05) is 26.0 Å². The van der Waals surface area contributed by atoms with E-state index in [2.05, 4.69) is 5.32 Å². The lowest BCUT2D eigenvalue weighted by Crippen LogP contribution is -2.36. The quantitative estimate of drug-likeness (QED) is 0.817. The molecule has 1 saturated heterocycles. The third kappa shape index (κ3) is 3.44. The normalized spacial score (nSPS) is 21.6.